The molecule has 2 heterocycles. The van der Waals surface area contributed by atoms with Crippen LogP contribution in [-0.2, 0) is 0 Å². The highest BCUT2D eigenvalue weighted by molar-refractivity contribution is 5.86. The number of hydrogen-bond donors (Lipinski definition) is 1. The van der Waals surface area contributed by atoms with E-state index in [0.29, 0.717) is 18.6 Å². The van der Waals surface area contributed by atoms with E-state index in [2.05, 4.69) is 90.4 Å². The van der Waals surface area contributed by atoms with E-state index in [1.54, 1.807) is 0 Å². The van der Waals surface area contributed by atoms with Gasteiger partial charge >= 0.3 is 0 Å². The van der Waals surface area contributed by atoms with Crippen LogP contribution in [0.5, 0.6) is 5.75 Å². The van der Waals surface area contributed by atoms with Crippen LogP contribution < -0.4 is 10.1 Å². The van der Waals surface area contributed by atoms with Crippen LogP contribution in [0.4, 0.5) is 11.6 Å². The van der Waals surface area contributed by atoms with Gasteiger partial charge in [0.05, 0.1) is 5.52 Å². The van der Waals surface area contributed by atoms with E-state index in [-0.39, 0.29) is 0 Å². The molecule has 0 radical (unpaired) electrons. The highest BCUT2D eigenvalue weighted by Gasteiger charge is 2.19. The molecule has 0 aliphatic carbocycles. The summed E-state index contributed by atoms with van der Waals surface area (Å²) in [5.41, 5.74) is 8.51. The first-order valence-electron chi connectivity index (χ1n) is 13.0. The van der Waals surface area contributed by atoms with Crippen LogP contribution in [-0.4, -0.2) is 70.9 Å². The fraction of sp³-hybridized carbons (Fsp3) is 0.367. The van der Waals surface area contributed by atoms with Crippen molar-refractivity contribution in [1.29, 1.82) is 0 Å². The summed E-state index contributed by atoms with van der Waals surface area (Å²) in [7, 11) is 2.18. The van der Waals surface area contributed by atoms with Crippen LogP contribution in [0.1, 0.15) is 23.6 Å². The topological polar surface area (TPSA) is 66.4 Å². The van der Waals surface area contributed by atoms with Crippen molar-refractivity contribution in [3.63, 3.8) is 0 Å². The van der Waals surface area contributed by atoms with Crippen molar-refractivity contribution in [3.8, 4) is 16.9 Å². The fourth-order valence-corrected chi connectivity index (χ4v) is 5.03. The summed E-state index contributed by atoms with van der Waals surface area (Å²) in [6.45, 7) is 13.7. The lowest BCUT2D eigenvalue weighted by Crippen LogP contribution is -2.49. The number of rotatable bonds is 7. The zero-order chi connectivity index (χ0) is 25.9. The van der Waals surface area contributed by atoms with Crippen LogP contribution in [0.25, 0.3) is 22.2 Å². The zero-order valence-corrected chi connectivity index (χ0v) is 22.5. The maximum atomic E-state index is 6.06. The van der Waals surface area contributed by atoms with Gasteiger partial charge in [-0.3, -0.25) is 4.90 Å². The summed E-state index contributed by atoms with van der Waals surface area (Å²) >= 11 is 0. The molecular weight excluding hydrogens is 460 g/mol. The van der Waals surface area contributed by atoms with E-state index >= 15 is 0 Å². The Bertz CT molecular complexity index is 1360. The Balaban J connectivity index is 1.25. The zero-order valence-electron chi connectivity index (χ0n) is 22.5. The summed E-state index contributed by atoms with van der Waals surface area (Å²) in [5, 5.41) is 12.1. The van der Waals surface area contributed by atoms with Crippen molar-refractivity contribution in [3.05, 3.63) is 71.3 Å². The normalized spacial score (nSPS) is 15.6. The number of likely N-dealkylation sites (N-methyl/N-ethyl adjacent to an activating group) is 1. The van der Waals surface area contributed by atoms with Crippen molar-refractivity contribution in [2.24, 2.45) is 0 Å². The van der Waals surface area contributed by atoms with E-state index in [1.807, 2.05) is 24.3 Å². The lowest BCUT2D eigenvalue weighted by atomic mass is 9.94. The molecule has 192 valence electrons. The molecule has 1 saturated heterocycles. The van der Waals surface area contributed by atoms with Crippen LogP contribution in [0.2, 0.25) is 0 Å². The number of hydrogen-bond acceptors (Lipinski definition) is 7. The number of piperazine rings is 1. The molecule has 1 N–H and O–H groups in total. The third kappa shape index (κ3) is 5.73. The molecule has 0 spiro atoms. The molecule has 0 amide bonds. The molecule has 1 atom stereocenters. The van der Waals surface area contributed by atoms with Gasteiger partial charge in [0, 0.05) is 37.9 Å². The summed E-state index contributed by atoms with van der Waals surface area (Å²) in [5.74, 6) is 1.34. The SMILES string of the molecule is Cc1cccc(C)c1-c1cc(C)c2nc(Nc3ccc(OCC(C)N4CCN(C)CC4)cc3)nnc2c1. The maximum absolute atomic E-state index is 6.06. The molecule has 1 unspecified atom stereocenters. The van der Waals surface area contributed by atoms with E-state index < -0.39 is 0 Å². The first-order chi connectivity index (χ1) is 17.9. The third-order valence-electron chi connectivity index (χ3n) is 7.28. The van der Waals surface area contributed by atoms with Crippen LogP contribution in [0.15, 0.2) is 54.6 Å². The summed E-state index contributed by atoms with van der Waals surface area (Å²) in [6, 6.07) is 19.0. The van der Waals surface area contributed by atoms with Gasteiger partial charge in [-0.05, 0) is 99.0 Å². The Labute approximate surface area is 219 Å². The lowest BCUT2D eigenvalue weighted by molar-refractivity contribution is 0.0904. The number of benzene rings is 3. The lowest BCUT2D eigenvalue weighted by Gasteiger charge is -2.36. The third-order valence-corrected chi connectivity index (χ3v) is 7.28. The average molecular weight is 497 g/mol. The molecule has 1 aliphatic heterocycles. The smallest absolute Gasteiger partial charge is 0.247 e. The molecular formula is C30H36N6O. The van der Waals surface area contributed by atoms with Gasteiger partial charge in [-0.2, -0.15) is 0 Å². The predicted molar refractivity (Wildman–Crippen MR) is 151 cm³/mol. The van der Waals surface area contributed by atoms with E-state index in [9.17, 15) is 0 Å². The Morgan fingerprint density at radius 3 is 2.30 bits per heavy atom. The minimum Gasteiger partial charge on any atom is -0.492 e. The highest BCUT2D eigenvalue weighted by Crippen LogP contribution is 2.31. The quantitative estimate of drug-likeness (QED) is 0.369. The second-order valence-corrected chi connectivity index (χ2v) is 10.2. The Morgan fingerprint density at radius 2 is 1.59 bits per heavy atom. The molecule has 1 aliphatic rings. The van der Waals surface area contributed by atoms with Crippen LogP contribution in [0, 0.1) is 20.8 Å². The second-order valence-electron chi connectivity index (χ2n) is 10.2. The van der Waals surface area contributed by atoms with Gasteiger partial charge < -0.3 is 15.0 Å². The minimum atomic E-state index is 0.391. The van der Waals surface area contributed by atoms with Crippen molar-refractivity contribution in [2.45, 2.75) is 33.7 Å². The second kappa shape index (κ2) is 10.8. The van der Waals surface area contributed by atoms with Gasteiger partial charge in [-0.15, -0.1) is 10.2 Å². The number of nitrogens with zero attached hydrogens (tertiary/aromatic N) is 5. The van der Waals surface area contributed by atoms with E-state index in [1.165, 1.54) is 16.7 Å². The Kier molecular flexibility index (Phi) is 7.35. The predicted octanol–water partition coefficient (Wildman–Crippen LogP) is 5.38. The average Bonchev–Trinajstić information content (AvgIpc) is 2.89. The summed E-state index contributed by atoms with van der Waals surface area (Å²) in [6.07, 6.45) is 0. The number of ether oxygens (including phenoxy) is 1. The number of aryl methyl sites for hydroxylation is 3. The molecule has 4 aromatic rings. The fourth-order valence-electron chi connectivity index (χ4n) is 5.03. The maximum Gasteiger partial charge on any atom is 0.247 e. The molecule has 3 aromatic carbocycles. The molecule has 7 heteroatoms. The molecule has 0 bridgehead atoms. The van der Waals surface area contributed by atoms with Gasteiger partial charge in [-0.25, -0.2) is 4.98 Å². The van der Waals surface area contributed by atoms with Crippen LogP contribution >= 0.6 is 0 Å². The molecule has 1 aromatic heterocycles. The number of nitrogens with one attached hydrogen (secondary N) is 1. The standard InChI is InChI=1S/C30H36N6O/c1-20-7-6-8-21(2)28(20)24-17-22(3)29-27(18-24)33-34-30(32-29)31-25-9-11-26(12-10-25)37-19-23(4)36-15-13-35(5)14-16-36/h6-12,17-18,23H,13-16,19H2,1-5H3,(H,31,32,34). The van der Waals surface area contributed by atoms with E-state index in [4.69, 9.17) is 9.72 Å². The first-order valence-corrected chi connectivity index (χ1v) is 13.0. The molecule has 7 nitrogen and oxygen atoms in total. The number of anilines is 2. The monoisotopic (exact) mass is 496 g/mol. The number of aromatic nitrogens is 3. The van der Waals surface area contributed by atoms with E-state index in [0.717, 1.165) is 59.8 Å². The van der Waals surface area contributed by atoms with Gasteiger partial charge in [0.25, 0.3) is 0 Å². The Morgan fingerprint density at radius 1 is 0.892 bits per heavy atom. The molecule has 0 saturated carbocycles. The van der Waals surface area contributed by atoms with Crippen molar-refractivity contribution >= 4 is 22.7 Å². The Hall–Kier alpha value is -3.55. The summed E-state index contributed by atoms with van der Waals surface area (Å²) < 4.78 is 6.06. The van der Waals surface area contributed by atoms with Gasteiger partial charge in [-0.1, -0.05) is 18.2 Å². The first kappa shape index (κ1) is 25.1. The van der Waals surface area contributed by atoms with Crippen molar-refractivity contribution in [1.82, 2.24) is 25.0 Å². The van der Waals surface area contributed by atoms with Gasteiger partial charge in [0.2, 0.25) is 5.95 Å². The van der Waals surface area contributed by atoms with Crippen LogP contribution in [0.3, 0.4) is 0 Å². The van der Waals surface area contributed by atoms with Crippen molar-refractivity contribution < 1.29 is 4.74 Å². The minimum absolute atomic E-state index is 0.391. The molecule has 37 heavy (non-hydrogen) atoms. The van der Waals surface area contributed by atoms with Gasteiger partial charge in [0.15, 0.2) is 0 Å². The molecule has 5 rings (SSSR count). The highest BCUT2D eigenvalue weighted by atomic mass is 16.5. The van der Waals surface area contributed by atoms with Crippen molar-refractivity contribution in [2.75, 3.05) is 45.2 Å². The summed E-state index contributed by atoms with van der Waals surface area (Å²) in [4.78, 5) is 9.63. The molecule has 1 fully saturated rings. The van der Waals surface area contributed by atoms with Gasteiger partial charge in [0.1, 0.15) is 17.9 Å². The number of fused-ring (bicyclic) bond motifs is 1. The largest absolute Gasteiger partial charge is 0.492 e.